The predicted molar refractivity (Wildman–Crippen MR) is 121 cm³/mol. The minimum atomic E-state index is -1.07. The van der Waals surface area contributed by atoms with Crippen LogP contribution in [0.3, 0.4) is 0 Å². The van der Waals surface area contributed by atoms with Gasteiger partial charge in [-0.3, -0.25) is 9.59 Å². The van der Waals surface area contributed by atoms with E-state index >= 15 is 0 Å². The van der Waals surface area contributed by atoms with Gasteiger partial charge in [-0.1, -0.05) is 49.4 Å². The number of hydrogen-bond acceptors (Lipinski definition) is 4. The third-order valence-electron chi connectivity index (χ3n) is 6.28. The quantitative estimate of drug-likeness (QED) is 0.693. The molecule has 0 saturated carbocycles. The van der Waals surface area contributed by atoms with E-state index in [-0.39, 0.29) is 18.2 Å². The Kier molecular flexibility index (Phi) is 7.18. The van der Waals surface area contributed by atoms with E-state index in [4.69, 9.17) is 4.74 Å². The van der Waals surface area contributed by atoms with Gasteiger partial charge in [-0.15, -0.1) is 0 Å². The van der Waals surface area contributed by atoms with Crippen molar-refractivity contribution in [1.82, 2.24) is 10.2 Å². The van der Waals surface area contributed by atoms with Gasteiger partial charge in [0.05, 0.1) is 7.11 Å². The molecular weight excluding hydrogens is 408 g/mol. The van der Waals surface area contributed by atoms with Crippen molar-refractivity contribution in [3.63, 3.8) is 0 Å². The zero-order valence-electron chi connectivity index (χ0n) is 18.8. The first kappa shape index (κ1) is 23.3. The number of nitrogens with one attached hydrogen (secondary N) is 1. The number of carboxylic acids is 1. The van der Waals surface area contributed by atoms with Crippen LogP contribution in [0.25, 0.3) is 11.1 Å². The van der Waals surface area contributed by atoms with Gasteiger partial charge in [-0.05, 0) is 30.0 Å². The molecule has 1 fully saturated rings. The van der Waals surface area contributed by atoms with Crippen LogP contribution in [0.15, 0.2) is 48.5 Å². The number of nitrogens with zero attached hydrogens (tertiary/aromatic N) is 1. The van der Waals surface area contributed by atoms with Crippen LogP contribution in [0.5, 0.6) is 5.75 Å². The molecule has 1 heterocycles. The summed E-state index contributed by atoms with van der Waals surface area (Å²) in [6.07, 6.45) is 1.21. The molecule has 0 aliphatic carbocycles. The second-order valence-corrected chi connectivity index (χ2v) is 8.53. The predicted octanol–water partition coefficient (Wildman–Crippen LogP) is 3.12. The lowest BCUT2D eigenvalue weighted by atomic mass is 9.79. The Hall–Kier alpha value is -3.35. The van der Waals surface area contributed by atoms with Crippen molar-refractivity contribution in [2.24, 2.45) is 5.41 Å². The summed E-state index contributed by atoms with van der Waals surface area (Å²) in [6.45, 7) is 4.35. The second kappa shape index (κ2) is 9.85. The van der Waals surface area contributed by atoms with Gasteiger partial charge in [0, 0.05) is 37.4 Å². The fourth-order valence-electron chi connectivity index (χ4n) is 4.01. The Morgan fingerprint density at radius 3 is 2.28 bits per heavy atom. The maximum atomic E-state index is 12.9. The van der Waals surface area contributed by atoms with Crippen molar-refractivity contribution >= 4 is 17.8 Å². The molecular formula is C25H30N2O5. The van der Waals surface area contributed by atoms with E-state index in [9.17, 15) is 19.5 Å². The largest absolute Gasteiger partial charge is 0.496 e. The Morgan fingerprint density at radius 2 is 1.72 bits per heavy atom. The molecule has 2 amide bonds. The minimum Gasteiger partial charge on any atom is -0.496 e. The number of hydrogen-bond donors (Lipinski definition) is 2. The van der Waals surface area contributed by atoms with Gasteiger partial charge < -0.3 is 20.1 Å². The van der Waals surface area contributed by atoms with Gasteiger partial charge in [0.1, 0.15) is 11.8 Å². The normalized spacial score (nSPS) is 16.2. The van der Waals surface area contributed by atoms with Gasteiger partial charge in [-0.2, -0.15) is 0 Å². The van der Waals surface area contributed by atoms with Gasteiger partial charge in [0.25, 0.3) is 0 Å². The number of carbonyl (C=O) groups excluding carboxylic acids is 2. The lowest BCUT2D eigenvalue weighted by Gasteiger charge is -2.38. The number of likely N-dealkylation sites (tertiary alicyclic amines) is 1. The Labute approximate surface area is 188 Å². The molecule has 0 radical (unpaired) electrons. The lowest BCUT2D eigenvalue weighted by Crippen LogP contribution is -2.52. The summed E-state index contributed by atoms with van der Waals surface area (Å²) in [5.74, 6) is -0.594. The third-order valence-corrected chi connectivity index (χ3v) is 6.28. The number of rotatable bonds is 7. The molecule has 7 heteroatoms. The molecule has 3 rings (SSSR count). The Balaban J connectivity index is 1.67. The van der Waals surface area contributed by atoms with Crippen LogP contribution < -0.4 is 10.1 Å². The third kappa shape index (κ3) is 5.28. The summed E-state index contributed by atoms with van der Waals surface area (Å²) in [6, 6.07) is 14.3. The average Bonchev–Trinajstić information content (AvgIpc) is 2.79. The molecule has 7 nitrogen and oxygen atoms in total. The topological polar surface area (TPSA) is 95.9 Å². The highest BCUT2D eigenvalue weighted by Crippen LogP contribution is 2.32. The van der Waals surface area contributed by atoms with Crippen LogP contribution >= 0.6 is 0 Å². The molecule has 32 heavy (non-hydrogen) atoms. The zero-order chi connectivity index (χ0) is 23.3. The number of methoxy groups -OCH3 is 1. The van der Waals surface area contributed by atoms with E-state index in [1.165, 1.54) is 6.92 Å². The smallest absolute Gasteiger partial charge is 0.326 e. The fourth-order valence-corrected chi connectivity index (χ4v) is 4.01. The molecule has 0 spiro atoms. The van der Waals surface area contributed by atoms with Crippen molar-refractivity contribution in [1.29, 1.82) is 0 Å². The Bertz CT molecular complexity index is 978. The van der Waals surface area contributed by atoms with Gasteiger partial charge in [0.15, 0.2) is 0 Å². The van der Waals surface area contributed by atoms with Crippen molar-refractivity contribution in [3.05, 3.63) is 54.1 Å². The van der Waals surface area contributed by atoms with E-state index in [1.807, 2.05) is 55.5 Å². The summed E-state index contributed by atoms with van der Waals surface area (Å²) in [4.78, 5) is 38.0. The number of ether oxygens (including phenoxy) is 1. The number of benzene rings is 2. The summed E-state index contributed by atoms with van der Waals surface area (Å²) < 4.78 is 5.41. The minimum absolute atomic E-state index is 0.00700. The van der Waals surface area contributed by atoms with E-state index < -0.39 is 17.4 Å². The van der Waals surface area contributed by atoms with Crippen LogP contribution in [0.1, 0.15) is 32.3 Å². The molecule has 0 aromatic heterocycles. The molecule has 1 aliphatic heterocycles. The average molecular weight is 439 g/mol. The molecule has 2 N–H and O–H groups in total. The van der Waals surface area contributed by atoms with Gasteiger partial charge in [0.2, 0.25) is 11.8 Å². The van der Waals surface area contributed by atoms with E-state index in [2.05, 4.69) is 5.32 Å². The number of carbonyl (C=O) groups is 3. The number of amides is 2. The SMILES string of the molecule is COc1ccccc1-c1ccc(C[C@@H](NC(=O)C2(C)CCN(C(C)=O)CC2)C(=O)O)cc1. The van der Waals surface area contributed by atoms with Crippen molar-refractivity contribution in [3.8, 4) is 16.9 Å². The highest BCUT2D eigenvalue weighted by molar-refractivity contribution is 5.87. The second-order valence-electron chi connectivity index (χ2n) is 8.53. The highest BCUT2D eigenvalue weighted by Gasteiger charge is 2.39. The van der Waals surface area contributed by atoms with Gasteiger partial charge in [-0.25, -0.2) is 4.79 Å². The molecule has 2 aromatic rings. The van der Waals surface area contributed by atoms with Crippen molar-refractivity contribution in [2.75, 3.05) is 20.2 Å². The summed E-state index contributed by atoms with van der Waals surface area (Å²) in [5, 5.41) is 12.4. The van der Waals surface area contributed by atoms with E-state index in [0.717, 1.165) is 22.4 Å². The molecule has 2 aromatic carbocycles. The first-order valence-corrected chi connectivity index (χ1v) is 10.7. The van der Waals surface area contributed by atoms with Crippen LogP contribution in [0.4, 0.5) is 0 Å². The number of aliphatic carboxylic acids is 1. The van der Waals surface area contributed by atoms with Gasteiger partial charge >= 0.3 is 5.97 Å². The lowest BCUT2D eigenvalue weighted by molar-refractivity contribution is -0.145. The van der Waals surface area contributed by atoms with Crippen LogP contribution in [0.2, 0.25) is 0 Å². The van der Waals surface area contributed by atoms with E-state index in [0.29, 0.717) is 25.9 Å². The first-order chi connectivity index (χ1) is 15.2. The summed E-state index contributed by atoms with van der Waals surface area (Å²) >= 11 is 0. The maximum absolute atomic E-state index is 12.9. The molecule has 0 bridgehead atoms. The summed E-state index contributed by atoms with van der Waals surface area (Å²) in [5.41, 5.74) is 2.04. The Morgan fingerprint density at radius 1 is 1.09 bits per heavy atom. The molecule has 1 aliphatic rings. The van der Waals surface area contributed by atoms with Crippen LogP contribution in [-0.4, -0.2) is 54.0 Å². The fraction of sp³-hybridized carbons (Fsp3) is 0.400. The number of carboxylic acid groups (broad SMARTS) is 1. The maximum Gasteiger partial charge on any atom is 0.326 e. The molecule has 170 valence electrons. The first-order valence-electron chi connectivity index (χ1n) is 10.7. The number of piperidine rings is 1. The molecule has 0 unspecified atom stereocenters. The monoisotopic (exact) mass is 438 g/mol. The van der Waals surface area contributed by atoms with Crippen molar-refractivity contribution < 1.29 is 24.2 Å². The van der Waals surface area contributed by atoms with Crippen LogP contribution in [-0.2, 0) is 20.8 Å². The molecule has 1 atom stereocenters. The standard InChI is InChI=1S/C25H30N2O5/c1-17(28)27-14-12-25(2,13-15-27)24(31)26-21(23(29)30)16-18-8-10-19(11-9-18)20-6-4-5-7-22(20)32-3/h4-11,21H,12-16H2,1-3H3,(H,26,31)(H,29,30)/t21-/m1/s1. The van der Waals surface area contributed by atoms with Crippen molar-refractivity contribution in [2.45, 2.75) is 39.2 Å². The highest BCUT2D eigenvalue weighted by atomic mass is 16.5. The number of para-hydroxylation sites is 1. The summed E-state index contributed by atoms with van der Waals surface area (Å²) in [7, 11) is 1.62. The zero-order valence-corrected chi connectivity index (χ0v) is 18.8. The molecule has 1 saturated heterocycles. The van der Waals surface area contributed by atoms with Crippen LogP contribution in [0, 0.1) is 5.41 Å². The van der Waals surface area contributed by atoms with E-state index in [1.54, 1.807) is 12.0 Å².